The quantitative estimate of drug-likeness (QED) is 0.278. The zero-order valence-electron chi connectivity index (χ0n) is 22.7. The zero-order chi connectivity index (χ0) is 27.1. The summed E-state index contributed by atoms with van der Waals surface area (Å²) in [5.41, 5.74) is 2.88. The lowest BCUT2D eigenvalue weighted by atomic mass is 9.90. The minimum Gasteiger partial charge on any atom is -0.478 e. The number of nitrogens with one attached hydrogen (secondary N) is 1. The van der Waals surface area contributed by atoms with Crippen LogP contribution < -0.4 is 5.32 Å². The van der Waals surface area contributed by atoms with Crippen molar-refractivity contribution in [2.75, 3.05) is 52.4 Å². The van der Waals surface area contributed by atoms with Gasteiger partial charge < -0.3 is 19.9 Å². The molecule has 0 atom stereocenters. The number of hydrogen-bond donors (Lipinski definition) is 1. The van der Waals surface area contributed by atoms with E-state index in [0.29, 0.717) is 22.8 Å². The van der Waals surface area contributed by atoms with Crippen LogP contribution in [0.1, 0.15) is 32.8 Å². The molecule has 1 heterocycles. The molecule has 0 unspecified atom stereocenters. The maximum absolute atomic E-state index is 16.6. The maximum Gasteiger partial charge on any atom is 0.206 e. The lowest BCUT2D eigenvalue weighted by Gasteiger charge is -2.32. The van der Waals surface area contributed by atoms with Gasteiger partial charge in [0.25, 0.3) is 0 Å². The van der Waals surface area contributed by atoms with Gasteiger partial charge in [0.15, 0.2) is 5.83 Å². The molecule has 4 rings (SSSR count). The predicted molar refractivity (Wildman–Crippen MR) is 158 cm³/mol. The Morgan fingerprint density at radius 1 is 1.13 bits per heavy atom. The molecule has 1 aliphatic heterocycles. The molecule has 2 aromatic carbocycles. The molecule has 1 fully saturated rings. The van der Waals surface area contributed by atoms with Crippen molar-refractivity contribution in [3.05, 3.63) is 88.7 Å². The van der Waals surface area contributed by atoms with Crippen molar-refractivity contribution in [2.45, 2.75) is 27.2 Å². The molecule has 0 amide bonds. The second-order valence-corrected chi connectivity index (χ2v) is 9.93. The number of halogens is 2. The third-order valence-corrected chi connectivity index (χ3v) is 7.55. The molecule has 1 aliphatic carbocycles. The highest BCUT2D eigenvalue weighted by Gasteiger charge is 2.29. The van der Waals surface area contributed by atoms with Crippen LogP contribution in [0.5, 0.6) is 0 Å². The van der Waals surface area contributed by atoms with Gasteiger partial charge in [-0.05, 0) is 55.4 Å². The Hall–Kier alpha value is -2.93. The molecule has 0 saturated carbocycles. The smallest absolute Gasteiger partial charge is 0.206 e. The van der Waals surface area contributed by atoms with E-state index in [0.717, 1.165) is 74.3 Å². The molecule has 7 heteroatoms. The number of aliphatic imine (C=N–C) groups is 1. The van der Waals surface area contributed by atoms with E-state index in [-0.39, 0.29) is 11.6 Å². The highest BCUT2D eigenvalue weighted by molar-refractivity contribution is 6.41. The normalized spacial score (nSPS) is 18.8. The highest BCUT2D eigenvalue weighted by Crippen LogP contribution is 2.41. The fourth-order valence-electron chi connectivity index (χ4n) is 5.03. The van der Waals surface area contributed by atoms with Gasteiger partial charge >= 0.3 is 0 Å². The minimum atomic E-state index is -0.466. The van der Waals surface area contributed by atoms with E-state index in [1.165, 1.54) is 0 Å². The average molecular weight is 537 g/mol. The van der Waals surface area contributed by atoms with E-state index >= 15 is 4.39 Å². The van der Waals surface area contributed by atoms with Crippen LogP contribution in [-0.4, -0.2) is 67.9 Å². The topological polar surface area (TPSA) is 40.1 Å². The van der Waals surface area contributed by atoms with E-state index in [1.807, 2.05) is 55.5 Å². The Balaban J connectivity index is 1.72. The Bertz CT molecular complexity index is 1280. The van der Waals surface area contributed by atoms with Crippen LogP contribution in [-0.2, 0) is 4.74 Å². The third kappa shape index (κ3) is 6.37. The van der Waals surface area contributed by atoms with Gasteiger partial charge in [-0.25, -0.2) is 9.38 Å². The first-order chi connectivity index (χ1) is 18.4. The summed E-state index contributed by atoms with van der Waals surface area (Å²) in [5.74, 6) is -0.268. The first-order valence-electron chi connectivity index (χ1n) is 13.5. The van der Waals surface area contributed by atoms with Crippen molar-refractivity contribution in [3.8, 4) is 0 Å². The fourth-order valence-corrected chi connectivity index (χ4v) is 5.32. The number of ether oxygens (including phenoxy) is 1. The number of rotatable bonds is 10. The molecule has 0 aromatic heterocycles. The van der Waals surface area contributed by atoms with E-state index in [2.05, 4.69) is 40.5 Å². The number of benzene rings is 2. The van der Waals surface area contributed by atoms with Crippen molar-refractivity contribution in [1.29, 1.82) is 0 Å². The predicted octanol–water partition coefficient (Wildman–Crippen LogP) is 6.50. The second kappa shape index (κ2) is 13.2. The van der Waals surface area contributed by atoms with Crippen LogP contribution >= 0.6 is 11.6 Å². The summed E-state index contributed by atoms with van der Waals surface area (Å²) in [5, 5.41) is 5.68. The average Bonchev–Trinajstić information content (AvgIpc) is 2.94. The van der Waals surface area contributed by atoms with Crippen molar-refractivity contribution in [3.63, 3.8) is 0 Å². The number of fused-ring (bicyclic) bond motifs is 1. The van der Waals surface area contributed by atoms with Crippen LogP contribution in [0.25, 0.3) is 16.3 Å². The second-order valence-electron chi connectivity index (χ2n) is 9.53. The number of nitrogens with zero attached hydrogens (tertiary/aromatic N) is 3. The SMILES string of the molecule is C=C(/N=C1/C(F)=C(c2cccc3ccccc23)C(Cl)=C/C1=C(/C)N1CCNCC1)OCCCN(CC)CC. The van der Waals surface area contributed by atoms with Gasteiger partial charge in [-0.1, -0.05) is 67.9 Å². The summed E-state index contributed by atoms with van der Waals surface area (Å²) in [7, 11) is 0. The van der Waals surface area contributed by atoms with Crippen molar-refractivity contribution >= 4 is 33.7 Å². The minimum absolute atomic E-state index is 0.198. The molecular formula is C31H38ClFN4O. The lowest BCUT2D eigenvalue weighted by molar-refractivity contribution is 0.186. The summed E-state index contributed by atoms with van der Waals surface area (Å²) in [6, 6.07) is 13.8. The van der Waals surface area contributed by atoms with Gasteiger partial charge in [0.05, 0.1) is 11.6 Å². The van der Waals surface area contributed by atoms with Crippen LogP contribution in [0.4, 0.5) is 4.39 Å². The summed E-state index contributed by atoms with van der Waals surface area (Å²) in [4.78, 5) is 9.19. The molecule has 0 bridgehead atoms. The van der Waals surface area contributed by atoms with Crippen LogP contribution in [0.15, 0.2) is 88.1 Å². The van der Waals surface area contributed by atoms with Gasteiger partial charge in [-0.15, -0.1) is 0 Å². The molecule has 5 nitrogen and oxygen atoms in total. The fraction of sp³-hybridized carbons (Fsp3) is 0.387. The highest BCUT2D eigenvalue weighted by atomic mass is 35.5. The summed E-state index contributed by atoms with van der Waals surface area (Å²) in [6.45, 7) is 17.1. The molecular weight excluding hydrogens is 499 g/mol. The maximum atomic E-state index is 16.6. The number of hydrogen-bond acceptors (Lipinski definition) is 5. The van der Waals surface area contributed by atoms with E-state index < -0.39 is 5.83 Å². The molecule has 1 N–H and O–H groups in total. The molecule has 0 spiro atoms. The molecule has 202 valence electrons. The molecule has 1 saturated heterocycles. The van der Waals surface area contributed by atoms with Crippen LogP contribution in [0.2, 0.25) is 0 Å². The Kier molecular flexibility index (Phi) is 9.78. The Labute approximate surface area is 231 Å². The summed E-state index contributed by atoms with van der Waals surface area (Å²) < 4.78 is 22.4. The first-order valence-corrected chi connectivity index (χ1v) is 13.9. The molecule has 0 radical (unpaired) electrons. The molecule has 2 aromatic rings. The number of piperazine rings is 1. The van der Waals surface area contributed by atoms with E-state index in [1.54, 1.807) is 0 Å². The van der Waals surface area contributed by atoms with E-state index in [4.69, 9.17) is 16.3 Å². The Morgan fingerprint density at radius 2 is 1.84 bits per heavy atom. The van der Waals surface area contributed by atoms with Crippen molar-refractivity contribution < 1.29 is 9.13 Å². The molecule has 38 heavy (non-hydrogen) atoms. The van der Waals surface area contributed by atoms with E-state index in [9.17, 15) is 0 Å². The summed E-state index contributed by atoms with van der Waals surface area (Å²) in [6.07, 6.45) is 2.69. The van der Waals surface area contributed by atoms with Gasteiger partial charge in [-0.2, -0.15) is 0 Å². The Morgan fingerprint density at radius 3 is 2.58 bits per heavy atom. The van der Waals surface area contributed by atoms with Gasteiger partial charge in [0, 0.05) is 49.6 Å². The van der Waals surface area contributed by atoms with Crippen molar-refractivity contribution in [2.24, 2.45) is 4.99 Å². The van der Waals surface area contributed by atoms with Gasteiger partial charge in [0.1, 0.15) is 5.71 Å². The monoisotopic (exact) mass is 536 g/mol. The first kappa shape index (κ1) is 28.1. The standard InChI is InChI=1S/C31H38ClFN4O/c1-5-36(6-2)17-10-20-38-23(4)35-31-27(22(3)37-18-15-34-16-19-37)21-28(32)29(30(31)33)26-14-9-12-24-11-7-8-13-25(24)26/h7-9,11-14,21,34H,4-6,10,15-20H2,1-3H3/b27-22+,35-31+. The zero-order valence-corrected chi connectivity index (χ0v) is 23.5. The van der Waals surface area contributed by atoms with Crippen LogP contribution in [0.3, 0.4) is 0 Å². The molecule has 2 aliphatic rings. The number of allylic oxidation sites excluding steroid dienone is 6. The van der Waals surface area contributed by atoms with Crippen LogP contribution in [0, 0.1) is 0 Å². The summed E-state index contributed by atoms with van der Waals surface area (Å²) >= 11 is 6.84. The van der Waals surface area contributed by atoms with Crippen molar-refractivity contribution in [1.82, 2.24) is 15.1 Å². The van der Waals surface area contributed by atoms with Gasteiger partial charge in [-0.3, -0.25) is 0 Å². The lowest BCUT2D eigenvalue weighted by Crippen LogP contribution is -2.43. The third-order valence-electron chi connectivity index (χ3n) is 7.25. The largest absolute Gasteiger partial charge is 0.478 e. The van der Waals surface area contributed by atoms with Gasteiger partial charge in [0.2, 0.25) is 5.88 Å².